The van der Waals surface area contributed by atoms with Gasteiger partial charge in [-0.15, -0.1) is 0 Å². The second-order valence-electron chi connectivity index (χ2n) is 10.3. The van der Waals surface area contributed by atoms with E-state index in [4.69, 9.17) is 32.7 Å². The highest BCUT2D eigenvalue weighted by Crippen LogP contribution is 2.55. The number of fused-ring (bicyclic) bond motifs is 3. The lowest BCUT2D eigenvalue weighted by molar-refractivity contribution is -0.135. The van der Waals surface area contributed by atoms with E-state index in [2.05, 4.69) is 10.2 Å². The molecule has 0 heterocycles. The summed E-state index contributed by atoms with van der Waals surface area (Å²) < 4.78 is 38.3. The maximum absolute atomic E-state index is 13.7. The SMILES string of the molecule is CN(C)C1CC2(CC(=O)COc3ccc(Cl)c(F)c3)CCC1(NC(=O)COc1ccc(Cl)c(F)c1)CC2. The van der Waals surface area contributed by atoms with Gasteiger partial charge in [-0.3, -0.25) is 9.59 Å². The Labute approximate surface area is 225 Å². The Morgan fingerprint density at radius 2 is 1.49 bits per heavy atom. The van der Waals surface area contributed by atoms with Crippen LogP contribution < -0.4 is 14.8 Å². The second-order valence-corrected chi connectivity index (χ2v) is 11.1. The van der Waals surface area contributed by atoms with Gasteiger partial charge in [0.15, 0.2) is 12.4 Å². The number of carbonyl (C=O) groups is 2. The highest BCUT2D eigenvalue weighted by molar-refractivity contribution is 6.31. The van der Waals surface area contributed by atoms with E-state index in [-0.39, 0.29) is 57.9 Å². The number of benzene rings is 2. The van der Waals surface area contributed by atoms with Crippen LogP contribution in [0.3, 0.4) is 0 Å². The van der Waals surface area contributed by atoms with Crippen LogP contribution in [0.5, 0.6) is 11.5 Å². The summed E-state index contributed by atoms with van der Waals surface area (Å²) in [5.74, 6) is -1.04. The van der Waals surface area contributed by atoms with Crippen molar-refractivity contribution in [2.45, 2.75) is 50.1 Å². The van der Waals surface area contributed by atoms with Crippen molar-refractivity contribution in [3.05, 3.63) is 58.1 Å². The smallest absolute Gasteiger partial charge is 0.258 e. The molecule has 0 saturated heterocycles. The quantitative estimate of drug-likeness (QED) is 0.423. The topological polar surface area (TPSA) is 67.9 Å². The second kappa shape index (κ2) is 11.1. The number of ether oxygens (including phenoxy) is 2. The van der Waals surface area contributed by atoms with E-state index in [0.717, 1.165) is 38.2 Å². The van der Waals surface area contributed by atoms with Gasteiger partial charge in [0, 0.05) is 24.6 Å². The van der Waals surface area contributed by atoms with E-state index in [1.807, 2.05) is 14.1 Å². The minimum absolute atomic E-state index is 0.00211. The number of nitrogens with one attached hydrogen (secondary N) is 1. The minimum atomic E-state index is -0.609. The lowest BCUT2D eigenvalue weighted by atomic mass is 9.53. The van der Waals surface area contributed by atoms with Gasteiger partial charge in [-0.25, -0.2) is 8.78 Å². The molecule has 2 bridgehead atoms. The fourth-order valence-corrected chi connectivity index (χ4v) is 5.97. The van der Waals surface area contributed by atoms with Crippen molar-refractivity contribution in [3.63, 3.8) is 0 Å². The van der Waals surface area contributed by atoms with Crippen LogP contribution in [0.4, 0.5) is 8.78 Å². The van der Waals surface area contributed by atoms with Gasteiger partial charge in [-0.05, 0) is 75.9 Å². The van der Waals surface area contributed by atoms with Crippen LogP contribution in [0.15, 0.2) is 36.4 Å². The zero-order valence-corrected chi connectivity index (χ0v) is 22.3. The summed E-state index contributed by atoms with van der Waals surface area (Å²) in [5.41, 5.74) is -0.609. The van der Waals surface area contributed by atoms with Crippen molar-refractivity contribution in [3.8, 4) is 11.5 Å². The molecule has 2 aromatic rings. The van der Waals surface area contributed by atoms with Gasteiger partial charge in [0.2, 0.25) is 0 Å². The molecule has 0 radical (unpaired) electrons. The van der Waals surface area contributed by atoms with Crippen LogP contribution >= 0.6 is 23.2 Å². The number of nitrogens with zero attached hydrogens (tertiary/aromatic N) is 1. The summed E-state index contributed by atoms with van der Waals surface area (Å²) in [6, 6.07) is 8.17. The zero-order chi connectivity index (χ0) is 26.8. The van der Waals surface area contributed by atoms with Crippen LogP contribution in [0.25, 0.3) is 0 Å². The third kappa shape index (κ3) is 6.36. The predicted molar refractivity (Wildman–Crippen MR) is 137 cm³/mol. The molecule has 1 unspecified atom stereocenters. The molecule has 5 rings (SSSR count). The molecular weight excluding hydrogens is 525 g/mol. The van der Waals surface area contributed by atoms with Crippen molar-refractivity contribution < 1.29 is 27.8 Å². The van der Waals surface area contributed by atoms with Crippen LogP contribution in [-0.2, 0) is 9.59 Å². The fraction of sp³-hybridized carbons (Fsp3) is 0.481. The summed E-state index contributed by atoms with van der Waals surface area (Å²) in [6.45, 7) is -0.380. The molecule has 3 aliphatic carbocycles. The monoisotopic (exact) mass is 554 g/mol. The number of likely N-dealkylation sites (N-methyl/N-ethyl adjacent to an activating group) is 1. The van der Waals surface area contributed by atoms with Crippen molar-refractivity contribution in [2.24, 2.45) is 5.41 Å². The summed E-state index contributed by atoms with van der Waals surface area (Å²) in [7, 11) is 3.94. The number of halogens is 4. The first-order chi connectivity index (χ1) is 17.5. The normalized spacial score (nSPS) is 24.7. The van der Waals surface area contributed by atoms with Gasteiger partial charge < -0.3 is 19.7 Å². The molecule has 0 aliphatic heterocycles. The number of ketones is 1. The first-order valence-corrected chi connectivity index (χ1v) is 12.9. The molecule has 37 heavy (non-hydrogen) atoms. The van der Waals surface area contributed by atoms with Gasteiger partial charge in [0.1, 0.15) is 29.7 Å². The van der Waals surface area contributed by atoms with Gasteiger partial charge >= 0.3 is 0 Å². The van der Waals surface area contributed by atoms with Crippen molar-refractivity contribution in [1.82, 2.24) is 10.2 Å². The Morgan fingerprint density at radius 1 is 0.946 bits per heavy atom. The summed E-state index contributed by atoms with van der Waals surface area (Å²) >= 11 is 11.4. The van der Waals surface area contributed by atoms with E-state index in [0.29, 0.717) is 6.42 Å². The highest BCUT2D eigenvalue weighted by atomic mass is 35.5. The van der Waals surface area contributed by atoms with E-state index in [9.17, 15) is 18.4 Å². The third-order valence-electron chi connectivity index (χ3n) is 7.60. The number of amides is 1. The molecule has 6 nitrogen and oxygen atoms in total. The van der Waals surface area contributed by atoms with Gasteiger partial charge in [0.05, 0.1) is 15.6 Å². The van der Waals surface area contributed by atoms with E-state index in [1.165, 1.54) is 30.3 Å². The van der Waals surface area contributed by atoms with Crippen molar-refractivity contribution in [1.29, 1.82) is 0 Å². The summed E-state index contributed by atoms with van der Waals surface area (Å²) in [4.78, 5) is 27.8. The van der Waals surface area contributed by atoms with E-state index in [1.54, 1.807) is 0 Å². The lowest BCUT2D eigenvalue weighted by Gasteiger charge is -2.59. The zero-order valence-electron chi connectivity index (χ0n) is 20.8. The Kier molecular flexibility index (Phi) is 8.31. The Morgan fingerprint density at radius 3 is 2.00 bits per heavy atom. The average molecular weight is 555 g/mol. The minimum Gasteiger partial charge on any atom is -0.486 e. The van der Waals surface area contributed by atoms with Crippen LogP contribution in [0.1, 0.15) is 38.5 Å². The lowest BCUT2D eigenvalue weighted by Crippen LogP contribution is -2.68. The molecule has 1 amide bonds. The molecule has 0 spiro atoms. The van der Waals surface area contributed by atoms with Crippen molar-refractivity contribution in [2.75, 3.05) is 27.3 Å². The largest absolute Gasteiger partial charge is 0.486 e. The number of rotatable bonds is 10. The summed E-state index contributed by atoms with van der Waals surface area (Å²) in [6.07, 6.45) is 4.17. The molecule has 2 aromatic carbocycles. The highest BCUT2D eigenvalue weighted by Gasteiger charge is 2.56. The van der Waals surface area contributed by atoms with Crippen LogP contribution in [-0.4, -0.2) is 55.5 Å². The molecule has 1 atom stereocenters. The predicted octanol–water partition coefficient (Wildman–Crippen LogP) is 5.44. The molecule has 10 heteroatoms. The van der Waals surface area contributed by atoms with E-state index >= 15 is 0 Å². The van der Waals surface area contributed by atoms with Gasteiger partial charge in [-0.2, -0.15) is 0 Å². The Balaban J connectivity index is 1.34. The third-order valence-corrected chi connectivity index (χ3v) is 8.22. The molecule has 3 aliphatic rings. The van der Waals surface area contributed by atoms with Crippen LogP contribution in [0.2, 0.25) is 10.0 Å². The number of carbonyl (C=O) groups excluding carboxylic acids is 2. The molecule has 1 N–H and O–H groups in total. The summed E-state index contributed by atoms with van der Waals surface area (Å²) in [5, 5.41) is 3.18. The Hall–Kier alpha value is -2.42. The van der Waals surface area contributed by atoms with Gasteiger partial charge in [-0.1, -0.05) is 23.2 Å². The first-order valence-electron chi connectivity index (χ1n) is 12.2. The molecular formula is C27H30Cl2F2N2O4. The molecule has 0 aromatic heterocycles. The van der Waals surface area contributed by atoms with Crippen LogP contribution in [0, 0.1) is 17.0 Å². The fourth-order valence-electron chi connectivity index (χ4n) is 5.73. The van der Waals surface area contributed by atoms with Gasteiger partial charge in [0.25, 0.3) is 5.91 Å². The maximum atomic E-state index is 13.7. The van der Waals surface area contributed by atoms with Crippen molar-refractivity contribution >= 4 is 34.9 Å². The number of hydrogen-bond donors (Lipinski definition) is 1. The van der Waals surface area contributed by atoms with E-state index < -0.39 is 17.2 Å². The number of hydrogen-bond acceptors (Lipinski definition) is 5. The Bertz CT molecular complexity index is 1170. The maximum Gasteiger partial charge on any atom is 0.258 e. The standard InChI is InChI=1S/C27H30Cl2F2N2O4/c1-33(2)24-14-26(13-17(34)15-36-18-3-5-20(28)22(30)11-18)7-9-27(24,10-8-26)32-25(35)16-37-19-4-6-21(29)23(31)12-19/h3-6,11-12,24H,7-10,13-16H2,1-2H3,(H,32,35). The first kappa shape index (κ1) is 27.6. The molecule has 3 saturated carbocycles. The molecule has 3 fully saturated rings. The number of Topliss-reactive ketones (excluding diaryl/α,β-unsaturated/α-hetero) is 1. The average Bonchev–Trinajstić information content (AvgIpc) is 2.86. The molecule has 200 valence electrons.